The minimum absolute atomic E-state index is 0.0273. The molecule has 8 nitrogen and oxygen atoms in total. The van der Waals surface area contributed by atoms with Crippen LogP contribution in [0.4, 0.5) is 0 Å². The summed E-state index contributed by atoms with van der Waals surface area (Å²) in [7, 11) is 3.18. The lowest BCUT2D eigenvalue weighted by molar-refractivity contribution is -0.148. The van der Waals surface area contributed by atoms with Gasteiger partial charge in [0.05, 0.1) is 5.92 Å². The lowest BCUT2D eigenvalue weighted by Crippen LogP contribution is -2.56. The first-order valence-electron chi connectivity index (χ1n) is 7.96. The molecule has 4 N–H and O–H groups in total. The number of carbonyl (C=O) groups excluding carboxylic acids is 3. The van der Waals surface area contributed by atoms with E-state index in [0.29, 0.717) is 0 Å². The number of aliphatic hydroxyl groups excluding tert-OH is 1. The number of aliphatic hydroxyl groups is 1. The Hall–Kier alpha value is -1.67. The Morgan fingerprint density at radius 3 is 1.92 bits per heavy atom. The summed E-state index contributed by atoms with van der Waals surface area (Å²) in [5.74, 6) is -2.98. The number of carbonyl (C=O) groups is 3. The molecule has 8 heteroatoms. The van der Waals surface area contributed by atoms with Gasteiger partial charge in [0.15, 0.2) is 0 Å². The second kappa shape index (κ2) is 8.98. The highest BCUT2D eigenvalue weighted by Crippen LogP contribution is 2.23. The predicted molar refractivity (Wildman–Crippen MR) is 89.0 cm³/mol. The number of hydrogen-bond donors (Lipinski definition) is 4. The maximum Gasteiger partial charge on any atom is 0.272 e. The lowest BCUT2D eigenvalue weighted by Gasteiger charge is -2.34. The zero-order valence-corrected chi connectivity index (χ0v) is 15.6. The summed E-state index contributed by atoms with van der Waals surface area (Å²) in [4.78, 5) is 37.9. The van der Waals surface area contributed by atoms with Crippen LogP contribution in [0.5, 0.6) is 0 Å². The van der Waals surface area contributed by atoms with Gasteiger partial charge in [0.2, 0.25) is 11.8 Å². The Bertz CT molecular complexity index is 457. The standard InChI is InChI=1S/C16H31N3O5/c1-9(2)8-10(11(20)14(22)18-24)13(21)17-12(16(3,4)5)15(23)19(6)7/h9-12,20,24H,8H2,1-7H3,(H,17,21)(H,18,22)/t10-,11-,12?/m0/s1. The number of nitrogens with zero attached hydrogens (tertiary/aromatic N) is 1. The fourth-order valence-electron chi connectivity index (χ4n) is 2.29. The fourth-order valence-corrected chi connectivity index (χ4v) is 2.29. The van der Waals surface area contributed by atoms with Gasteiger partial charge >= 0.3 is 0 Å². The first-order valence-corrected chi connectivity index (χ1v) is 7.96. The van der Waals surface area contributed by atoms with E-state index in [0.717, 1.165) is 0 Å². The lowest BCUT2D eigenvalue weighted by atomic mass is 9.84. The van der Waals surface area contributed by atoms with E-state index in [1.807, 2.05) is 34.6 Å². The number of rotatable bonds is 7. The van der Waals surface area contributed by atoms with Gasteiger partial charge < -0.3 is 15.3 Å². The molecule has 1 unspecified atom stereocenters. The van der Waals surface area contributed by atoms with E-state index in [-0.39, 0.29) is 18.2 Å². The summed E-state index contributed by atoms with van der Waals surface area (Å²) in [6.07, 6.45) is -1.47. The normalized spacial score (nSPS) is 15.4. The highest BCUT2D eigenvalue weighted by atomic mass is 16.5. The van der Waals surface area contributed by atoms with Crippen LogP contribution in [0.15, 0.2) is 0 Å². The van der Waals surface area contributed by atoms with Crippen LogP contribution in [0.25, 0.3) is 0 Å². The Morgan fingerprint density at radius 1 is 1.08 bits per heavy atom. The van der Waals surface area contributed by atoms with Crippen LogP contribution < -0.4 is 10.8 Å². The van der Waals surface area contributed by atoms with Crippen molar-refractivity contribution in [2.75, 3.05) is 14.1 Å². The number of hydroxylamine groups is 1. The largest absolute Gasteiger partial charge is 0.382 e. The smallest absolute Gasteiger partial charge is 0.272 e. The maximum atomic E-state index is 12.6. The first-order chi connectivity index (χ1) is 10.8. The highest BCUT2D eigenvalue weighted by Gasteiger charge is 2.38. The maximum absolute atomic E-state index is 12.6. The van der Waals surface area contributed by atoms with Crippen molar-refractivity contribution >= 4 is 17.7 Å². The molecule has 0 spiro atoms. The third kappa shape index (κ3) is 6.45. The summed E-state index contributed by atoms with van der Waals surface area (Å²) in [5.41, 5.74) is 0.802. The molecule has 3 atom stereocenters. The zero-order valence-electron chi connectivity index (χ0n) is 15.6. The van der Waals surface area contributed by atoms with Crippen molar-refractivity contribution in [1.82, 2.24) is 15.7 Å². The van der Waals surface area contributed by atoms with E-state index < -0.39 is 35.3 Å². The molecule has 0 aliphatic heterocycles. The quantitative estimate of drug-likeness (QED) is 0.386. The van der Waals surface area contributed by atoms with Crippen molar-refractivity contribution in [1.29, 1.82) is 0 Å². The van der Waals surface area contributed by atoms with Gasteiger partial charge in [0, 0.05) is 14.1 Å². The predicted octanol–water partition coefficient (Wildman–Crippen LogP) is 0.134. The second-order valence-electron chi connectivity index (χ2n) is 7.70. The molecule has 0 rings (SSSR count). The molecular weight excluding hydrogens is 314 g/mol. The summed E-state index contributed by atoms with van der Waals surface area (Å²) in [5, 5.41) is 21.4. The first kappa shape index (κ1) is 22.3. The van der Waals surface area contributed by atoms with Crippen LogP contribution in [0.2, 0.25) is 0 Å². The average molecular weight is 345 g/mol. The molecule has 0 heterocycles. The highest BCUT2D eigenvalue weighted by molar-refractivity contribution is 5.92. The molecule has 0 fully saturated rings. The van der Waals surface area contributed by atoms with Crippen LogP contribution in [0.1, 0.15) is 41.0 Å². The van der Waals surface area contributed by atoms with Crippen molar-refractivity contribution in [3.63, 3.8) is 0 Å². The molecule has 0 bridgehead atoms. The Labute approximate surface area is 143 Å². The van der Waals surface area contributed by atoms with Gasteiger partial charge in [-0.3, -0.25) is 19.6 Å². The summed E-state index contributed by atoms with van der Waals surface area (Å²) in [6.45, 7) is 9.13. The third-order valence-corrected chi connectivity index (χ3v) is 3.66. The van der Waals surface area contributed by atoms with Crippen LogP contribution in [0, 0.1) is 17.3 Å². The van der Waals surface area contributed by atoms with Crippen molar-refractivity contribution in [2.45, 2.75) is 53.2 Å². The van der Waals surface area contributed by atoms with Gasteiger partial charge in [-0.2, -0.15) is 0 Å². The molecule has 0 aliphatic carbocycles. The molecule has 0 aliphatic rings. The fraction of sp³-hybridized carbons (Fsp3) is 0.812. The molecular formula is C16H31N3O5. The molecule has 0 saturated heterocycles. The van der Waals surface area contributed by atoms with Crippen molar-refractivity contribution < 1.29 is 24.7 Å². The molecule has 3 amide bonds. The van der Waals surface area contributed by atoms with Crippen LogP contribution in [-0.4, -0.2) is 59.2 Å². The van der Waals surface area contributed by atoms with Gasteiger partial charge in [0.25, 0.3) is 5.91 Å². The average Bonchev–Trinajstić information content (AvgIpc) is 2.46. The number of hydrogen-bond acceptors (Lipinski definition) is 5. The minimum Gasteiger partial charge on any atom is -0.382 e. The van der Waals surface area contributed by atoms with Crippen LogP contribution in [-0.2, 0) is 14.4 Å². The van der Waals surface area contributed by atoms with Gasteiger partial charge in [-0.25, -0.2) is 5.48 Å². The number of amides is 3. The Kier molecular flexibility index (Phi) is 8.36. The minimum atomic E-state index is -1.70. The zero-order chi connectivity index (χ0) is 19.2. The number of nitrogens with one attached hydrogen (secondary N) is 2. The Balaban J connectivity index is 5.46. The monoisotopic (exact) mass is 345 g/mol. The Morgan fingerprint density at radius 2 is 1.58 bits per heavy atom. The third-order valence-electron chi connectivity index (χ3n) is 3.66. The van der Waals surface area contributed by atoms with Gasteiger partial charge in [0.1, 0.15) is 12.1 Å². The van der Waals surface area contributed by atoms with E-state index in [1.54, 1.807) is 14.1 Å². The summed E-state index contributed by atoms with van der Waals surface area (Å²) >= 11 is 0. The van der Waals surface area contributed by atoms with E-state index >= 15 is 0 Å². The van der Waals surface area contributed by atoms with E-state index in [4.69, 9.17) is 5.21 Å². The van der Waals surface area contributed by atoms with Gasteiger partial charge in [-0.05, 0) is 17.8 Å². The summed E-state index contributed by atoms with van der Waals surface area (Å²) in [6, 6.07) is -0.806. The van der Waals surface area contributed by atoms with Gasteiger partial charge in [-0.1, -0.05) is 34.6 Å². The van der Waals surface area contributed by atoms with Crippen molar-refractivity contribution in [3.05, 3.63) is 0 Å². The SMILES string of the molecule is CC(C)C[C@H](C(=O)NC(C(=O)N(C)C)C(C)(C)C)[C@H](O)C(=O)NO. The number of likely N-dealkylation sites (N-methyl/N-ethyl adjacent to an activating group) is 1. The molecule has 0 saturated carbocycles. The molecule has 140 valence electrons. The molecule has 0 radical (unpaired) electrons. The second-order valence-corrected chi connectivity index (χ2v) is 7.70. The topological polar surface area (TPSA) is 119 Å². The van der Waals surface area contributed by atoms with Crippen LogP contribution in [0.3, 0.4) is 0 Å². The van der Waals surface area contributed by atoms with Crippen molar-refractivity contribution in [3.8, 4) is 0 Å². The van der Waals surface area contributed by atoms with Crippen LogP contribution >= 0.6 is 0 Å². The van der Waals surface area contributed by atoms with E-state index in [2.05, 4.69) is 5.32 Å². The molecule has 24 heavy (non-hydrogen) atoms. The van der Waals surface area contributed by atoms with Crippen molar-refractivity contribution in [2.24, 2.45) is 17.3 Å². The molecule has 0 aromatic carbocycles. The van der Waals surface area contributed by atoms with E-state index in [1.165, 1.54) is 10.4 Å². The van der Waals surface area contributed by atoms with E-state index in [9.17, 15) is 19.5 Å². The molecule has 0 aromatic rings. The molecule has 0 aromatic heterocycles. The van der Waals surface area contributed by atoms with Gasteiger partial charge in [-0.15, -0.1) is 0 Å². The summed E-state index contributed by atoms with van der Waals surface area (Å²) < 4.78 is 0.